The third kappa shape index (κ3) is 2.59. The van der Waals surface area contributed by atoms with E-state index in [1.165, 1.54) is 11.3 Å². The summed E-state index contributed by atoms with van der Waals surface area (Å²) in [6.07, 6.45) is 0. The predicted molar refractivity (Wildman–Crippen MR) is 97.8 cm³/mol. The largest absolute Gasteiger partial charge is 0.288 e. The van der Waals surface area contributed by atoms with Crippen molar-refractivity contribution in [2.24, 2.45) is 0 Å². The quantitative estimate of drug-likeness (QED) is 0.427. The molecule has 23 heavy (non-hydrogen) atoms. The Hall–Kier alpha value is -2.01. The maximum atomic E-state index is 13.0. The molecule has 0 atom stereocenters. The zero-order valence-electron chi connectivity index (χ0n) is 11.8. The molecular formula is C18H10ClNOS2. The zero-order chi connectivity index (χ0) is 15.8. The molecule has 0 bridgehead atoms. The molecule has 2 nitrogen and oxygen atoms in total. The van der Waals surface area contributed by atoms with E-state index in [2.05, 4.69) is 4.98 Å². The Bertz CT molecular complexity index is 987. The second-order valence-electron chi connectivity index (χ2n) is 5.00. The molecule has 2 aromatic carbocycles. The van der Waals surface area contributed by atoms with Gasteiger partial charge in [-0.1, -0.05) is 41.9 Å². The molecule has 0 amide bonds. The van der Waals surface area contributed by atoms with Crippen LogP contribution >= 0.6 is 34.3 Å². The first-order valence-electron chi connectivity index (χ1n) is 6.96. The van der Waals surface area contributed by atoms with E-state index < -0.39 is 0 Å². The second-order valence-corrected chi connectivity index (χ2v) is 7.57. The van der Waals surface area contributed by atoms with Crippen LogP contribution in [0.2, 0.25) is 5.02 Å². The Morgan fingerprint density at radius 2 is 1.74 bits per heavy atom. The van der Waals surface area contributed by atoms with E-state index in [1.807, 2.05) is 35.8 Å². The topological polar surface area (TPSA) is 30.0 Å². The summed E-state index contributed by atoms with van der Waals surface area (Å²) in [5.41, 5.74) is 5.31. The lowest BCUT2D eigenvalue weighted by Gasteiger charge is -2.04. The summed E-state index contributed by atoms with van der Waals surface area (Å²) in [6, 6.07) is 17.0. The number of halogens is 1. The summed E-state index contributed by atoms with van der Waals surface area (Å²) in [4.78, 5) is 18.2. The number of rotatable bonds is 3. The van der Waals surface area contributed by atoms with Crippen molar-refractivity contribution >= 4 is 49.6 Å². The van der Waals surface area contributed by atoms with Gasteiger partial charge >= 0.3 is 0 Å². The molecule has 0 saturated carbocycles. The number of benzene rings is 2. The lowest BCUT2D eigenvalue weighted by molar-refractivity contribution is 0.104. The summed E-state index contributed by atoms with van der Waals surface area (Å²) in [5, 5.41) is 0.624. The van der Waals surface area contributed by atoms with E-state index in [9.17, 15) is 4.79 Å². The van der Waals surface area contributed by atoms with Crippen LogP contribution in [0.4, 0.5) is 0 Å². The van der Waals surface area contributed by atoms with E-state index in [0.29, 0.717) is 10.6 Å². The summed E-state index contributed by atoms with van der Waals surface area (Å²) in [6.45, 7) is 0. The molecule has 0 aliphatic rings. The Labute approximate surface area is 146 Å². The normalized spacial score (nSPS) is 11.0. The van der Waals surface area contributed by atoms with Crippen molar-refractivity contribution in [2.45, 2.75) is 0 Å². The van der Waals surface area contributed by atoms with Crippen LogP contribution in [-0.4, -0.2) is 10.8 Å². The van der Waals surface area contributed by atoms with Crippen LogP contribution in [-0.2, 0) is 0 Å². The van der Waals surface area contributed by atoms with Gasteiger partial charge < -0.3 is 0 Å². The van der Waals surface area contributed by atoms with Crippen LogP contribution < -0.4 is 0 Å². The maximum Gasteiger partial charge on any atom is 0.203 e. The van der Waals surface area contributed by atoms with E-state index in [-0.39, 0.29) is 5.78 Å². The molecule has 112 valence electrons. The van der Waals surface area contributed by atoms with Crippen molar-refractivity contribution < 1.29 is 4.79 Å². The van der Waals surface area contributed by atoms with Gasteiger partial charge in [0.2, 0.25) is 5.78 Å². The molecule has 0 aliphatic heterocycles. The van der Waals surface area contributed by atoms with Crippen molar-refractivity contribution in [3.05, 3.63) is 75.6 Å². The standard InChI is InChI=1S/C18H10ClNOS2/c19-13-8-6-12(7-9-13)16(21)17-14(11-4-2-1-3-5-11)15-18(23-17)22-10-20-15/h1-10H. The number of hydrogen-bond donors (Lipinski definition) is 0. The summed E-state index contributed by atoms with van der Waals surface area (Å²) >= 11 is 8.99. The minimum absolute atomic E-state index is 0.00993. The van der Waals surface area contributed by atoms with Gasteiger partial charge in [-0.25, -0.2) is 4.98 Å². The number of nitrogens with zero attached hydrogens (tertiary/aromatic N) is 1. The van der Waals surface area contributed by atoms with Crippen molar-refractivity contribution in [2.75, 3.05) is 0 Å². The van der Waals surface area contributed by atoms with Gasteiger partial charge in [-0.2, -0.15) is 0 Å². The van der Waals surface area contributed by atoms with E-state index in [1.54, 1.807) is 35.6 Å². The minimum Gasteiger partial charge on any atom is -0.288 e. The maximum absolute atomic E-state index is 13.0. The number of thiazole rings is 1. The van der Waals surface area contributed by atoms with Crippen molar-refractivity contribution in [1.82, 2.24) is 4.98 Å². The van der Waals surface area contributed by atoms with Gasteiger partial charge in [0.15, 0.2) is 0 Å². The van der Waals surface area contributed by atoms with Crippen molar-refractivity contribution in [1.29, 1.82) is 0 Å². The van der Waals surface area contributed by atoms with E-state index in [0.717, 1.165) is 25.5 Å². The van der Waals surface area contributed by atoms with Gasteiger partial charge in [-0.15, -0.1) is 22.7 Å². The molecule has 0 saturated heterocycles. The SMILES string of the molecule is O=C(c1ccc(Cl)cc1)c1sc2scnc2c1-c1ccccc1. The van der Waals surface area contributed by atoms with Crippen LogP contribution in [0.5, 0.6) is 0 Å². The fourth-order valence-electron chi connectivity index (χ4n) is 2.49. The Morgan fingerprint density at radius 1 is 1.00 bits per heavy atom. The fourth-order valence-corrected chi connectivity index (χ4v) is 4.67. The van der Waals surface area contributed by atoms with Gasteiger partial charge in [0, 0.05) is 16.1 Å². The Morgan fingerprint density at radius 3 is 2.48 bits per heavy atom. The summed E-state index contributed by atoms with van der Waals surface area (Å²) in [7, 11) is 0. The number of carbonyl (C=O) groups is 1. The summed E-state index contributed by atoms with van der Waals surface area (Å²) in [5.74, 6) is 0.00993. The van der Waals surface area contributed by atoms with Crippen LogP contribution in [0.1, 0.15) is 15.2 Å². The average Bonchev–Trinajstić information content (AvgIpc) is 3.16. The highest BCUT2D eigenvalue weighted by molar-refractivity contribution is 7.38. The van der Waals surface area contributed by atoms with Crippen LogP contribution in [0.3, 0.4) is 0 Å². The van der Waals surface area contributed by atoms with Gasteiger partial charge in [-0.3, -0.25) is 4.79 Å². The molecule has 0 fully saturated rings. The molecular weight excluding hydrogens is 346 g/mol. The first-order valence-corrected chi connectivity index (χ1v) is 9.03. The predicted octanol–water partition coefficient (Wildman–Crippen LogP) is 5.91. The number of thiophene rings is 1. The average molecular weight is 356 g/mol. The number of hydrogen-bond acceptors (Lipinski definition) is 4. The van der Waals surface area contributed by atoms with E-state index in [4.69, 9.17) is 11.6 Å². The molecule has 2 aromatic heterocycles. The number of aromatic nitrogens is 1. The highest BCUT2D eigenvalue weighted by Gasteiger charge is 2.22. The van der Waals surface area contributed by atoms with Crippen LogP contribution in [0.15, 0.2) is 60.1 Å². The monoisotopic (exact) mass is 355 g/mol. The first kappa shape index (κ1) is 14.6. The van der Waals surface area contributed by atoms with Crippen LogP contribution in [0.25, 0.3) is 20.7 Å². The smallest absolute Gasteiger partial charge is 0.203 e. The van der Waals surface area contributed by atoms with Gasteiger partial charge in [0.25, 0.3) is 0 Å². The second kappa shape index (κ2) is 5.89. The lowest BCUT2D eigenvalue weighted by atomic mass is 10.0. The van der Waals surface area contributed by atoms with E-state index >= 15 is 0 Å². The highest BCUT2D eigenvalue weighted by Crippen LogP contribution is 2.41. The van der Waals surface area contributed by atoms with Gasteiger partial charge in [0.05, 0.1) is 10.4 Å². The third-order valence-corrected chi connectivity index (χ3v) is 5.95. The zero-order valence-corrected chi connectivity index (χ0v) is 14.2. The molecule has 0 radical (unpaired) electrons. The highest BCUT2D eigenvalue weighted by atomic mass is 35.5. The molecule has 4 rings (SSSR count). The third-order valence-electron chi connectivity index (χ3n) is 3.57. The first-order chi connectivity index (χ1) is 11.2. The molecule has 0 spiro atoms. The minimum atomic E-state index is 0.00993. The van der Waals surface area contributed by atoms with Crippen LogP contribution in [0, 0.1) is 0 Å². The molecule has 5 heteroatoms. The number of carbonyl (C=O) groups excluding carboxylic acids is 1. The molecule has 2 heterocycles. The Balaban J connectivity index is 1.91. The Kier molecular flexibility index (Phi) is 3.73. The molecule has 0 unspecified atom stereocenters. The molecule has 0 N–H and O–H groups in total. The lowest BCUT2D eigenvalue weighted by Crippen LogP contribution is -2.00. The fraction of sp³-hybridized carbons (Fsp3) is 0. The van der Waals surface area contributed by atoms with Gasteiger partial charge in [0.1, 0.15) is 9.53 Å². The van der Waals surface area contributed by atoms with Gasteiger partial charge in [-0.05, 0) is 29.8 Å². The molecule has 0 aliphatic carbocycles. The summed E-state index contributed by atoms with van der Waals surface area (Å²) < 4.78 is 1.07. The van der Waals surface area contributed by atoms with Crippen molar-refractivity contribution in [3.8, 4) is 11.1 Å². The number of ketones is 1. The number of fused-ring (bicyclic) bond motifs is 1. The molecule has 4 aromatic rings. The van der Waals surface area contributed by atoms with Crippen molar-refractivity contribution in [3.63, 3.8) is 0 Å².